The van der Waals surface area contributed by atoms with Crippen molar-refractivity contribution in [1.29, 1.82) is 5.26 Å². The van der Waals surface area contributed by atoms with Crippen molar-refractivity contribution in [3.05, 3.63) is 29.3 Å². The molecule has 1 saturated heterocycles. The molecule has 1 aliphatic carbocycles. The molecule has 126 valence electrons. The molecule has 0 aromatic heterocycles. The molecule has 1 saturated carbocycles. The largest absolute Gasteiger partial charge is 0.493 e. The Morgan fingerprint density at radius 3 is 2.74 bits per heavy atom. The molecule has 2 N–H and O–H groups in total. The third-order valence-corrected chi connectivity index (χ3v) is 4.76. The van der Waals surface area contributed by atoms with Gasteiger partial charge in [0.1, 0.15) is 5.75 Å². The van der Waals surface area contributed by atoms with Gasteiger partial charge in [-0.25, -0.2) is 0 Å². The van der Waals surface area contributed by atoms with Gasteiger partial charge in [-0.15, -0.1) is 12.4 Å². The summed E-state index contributed by atoms with van der Waals surface area (Å²) in [5, 5.41) is 9.11. The van der Waals surface area contributed by atoms with Gasteiger partial charge in [0.15, 0.2) is 0 Å². The summed E-state index contributed by atoms with van der Waals surface area (Å²) in [5.74, 6) is 2.35. The lowest BCUT2D eigenvalue weighted by atomic mass is 10.1. The van der Waals surface area contributed by atoms with Crippen LogP contribution < -0.4 is 10.5 Å². The lowest BCUT2D eigenvalue weighted by Crippen LogP contribution is -2.25. The molecule has 0 bridgehead atoms. The minimum atomic E-state index is 0. The summed E-state index contributed by atoms with van der Waals surface area (Å²) in [4.78, 5) is 2.47. The second-order valence-electron chi connectivity index (χ2n) is 6.63. The Kier molecular flexibility index (Phi) is 6.71. The van der Waals surface area contributed by atoms with Crippen molar-refractivity contribution in [3.8, 4) is 11.8 Å². The standard InChI is InChI=1S/C18H25N3O.ClH/c19-10-15-3-4-18(22-13-14-1-2-14)17(9-15)6-8-21-7-5-16(11-20)12-21;/h3-4,9,14,16H,1-2,5-8,11-13,20H2;1H/t16-;/m0./s1. The fourth-order valence-corrected chi connectivity index (χ4v) is 3.06. The molecular formula is C18H26ClN3O. The first-order valence-electron chi connectivity index (χ1n) is 8.36. The normalized spacial score (nSPS) is 20.8. The number of hydrogen-bond acceptors (Lipinski definition) is 4. The number of nitrogens with zero attached hydrogens (tertiary/aromatic N) is 2. The van der Waals surface area contributed by atoms with Crippen LogP contribution in [0.3, 0.4) is 0 Å². The highest BCUT2D eigenvalue weighted by molar-refractivity contribution is 5.85. The van der Waals surface area contributed by atoms with Gasteiger partial charge in [0.25, 0.3) is 0 Å². The number of halogens is 1. The summed E-state index contributed by atoms with van der Waals surface area (Å²) in [6.45, 7) is 4.87. The predicted octanol–water partition coefficient (Wildman–Crippen LogP) is 2.59. The Hall–Kier alpha value is -1.28. The molecule has 1 aromatic rings. The van der Waals surface area contributed by atoms with Crippen LogP contribution in [0.4, 0.5) is 0 Å². The molecule has 0 unspecified atom stereocenters. The van der Waals surface area contributed by atoms with E-state index in [2.05, 4.69) is 11.0 Å². The minimum Gasteiger partial charge on any atom is -0.493 e. The highest BCUT2D eigenvalue weighted by Crippen LogP contribution is 2.31. The van der Waals surface area contributed by atoms with Crippen LogP contribution in [0.2, 0.25) is 0 Å². The fourth-order valence-electron chi connectivity index (χ4n) is 3.06. The summed E-state index contributed by atoms with van der Waals surface area (Å²) >= 11 is 0. The van der Waals surface area contributed by atoms with Gasteiger partial charge in [-0.3, -0.25) is 0 Å². The van der Waals surface area contributed by atoms with E-state index >= 15 is 0 Å². The van der Waals surface area contributed by atoms with Gasteiger partial charge < -0.3 is 15.4 Å². The first-order valence-corrected chi connectivity index (χ1v) is 8.36. The van der Waals surface area contributed by atoms with Crippen molar-refractivity contribution in [1.82, 2.24) is 4.90 Å². The number of likely N-dealkylation sites (tertiary alicyclic amines) is 1. The molecule has 3 rings (SSSR count). The maximum Gasteiger partial charge on any atom is 0.122 e. The topological polar surface area (TPSA) is 62.3 Å². The molecular weight excluding hydrogens is 310 g/mol. The van der Waals surface area contributed by atoms with Gasteiger partial charge in [-0.05, 0) is 74.4 Å². The van der Waals surface area contributed by atoms with E-state index in [-0.39, 0.29) is 12.4 Å². The summed E-state index contributed by atoms with van der Waals surface area (Å²) in [6, 6.07) is 8.03. The summed E-state index contributed by atoms with van der Waals surface area (Å²) in [6.07, 6.45) is 4.73. The van der Waals surface area contributed by atoms with Crippen LogP contribution in [0.25, 0.3) is 0 Å². The zero-order valence-electron chi connectivity index (χ0n) is 13.5. The van der Waals surface area contributed by atoms with Gasteiger partial charge in [-0.2, -0.15) is 5.26 Å². The van der Waals surface area contributed by atoms with Crippen molar-refractivity contribution >= 4 is 12.4 Å². The molecule has 1 aromatic carbocycles. The van der Waals surface area contributed by atoms with Crippen LogP contribution in [-0.2, 0) is 6.42 Å². The van der Waals surface area contributed by atoms with Crippen LogP contribution in [0.15, 0.2) is 18.2 Å². The highest BCUT2D eigenvalue weighted by Gasteiger charge is 2.23. The molecule has 1 atom stereocenters. The first kappa shape index (κ1) is 18.1. The van der Waals surface area contributed by atoms with E-state index in [1.54, 1.807) is 0 Å². The monoisotopic (exact) mass is 335 g/mol. The number of benzene rings is 1. The summed E-state index contributed by atoms with van der Waals surface area (Å²) < 4.78 is 5.97. The van der Waals surface area contributed by atoms with E-state index in [4.69, 9.17) is 15.7 Å². The fraction of sp³-hybridized carbons (Fsp3) is 0.611. The van der Waals surface area contributed by atoms with Gasteiger partial charge in [0.05, 0.1) is 18.2 Å². The van der Waals surface area contributed by atoms with E-state index in [9.17, 15) is 0 Å². The van der Waals surface area contributed by atoms with Crippen molar-refractivity contribution in [2.75, 3.05) is 32.8 Å². The molecule has 1 aliphatic heterocycles. The zero-order chi connectivity index (χ0) is 15.4. The molecule has 1 heterocycles. The number of nitrogens with two attached hydrogens (primary N) is 1. The number of hydrogen-bond donors (Lipinski definition) is 1. The average Bonchev–Trinajstić information content (AvgIpc) is 3.27. The van der Waals surface area contributed by atoms with Gasteiger partial charge in [0, 0.05) is 13.1 Å². The lowest BCUT2D eigenvalue weighted by Gasteiger charge is -2.17. The second kappa shape index (κ2) is 8.54. The number of nitriles is 1. The summed E-state index contributed by atoms with van der Waals surface area (Å²) in [5.41, 5.74) is 7.64. The molecule has 0 radical (unpaired) electrons. The van der Waals surface area contributed by atoms with Crippen molar-refractivity contribution in [2.24, 2.45) is 17.6 Å². The average molecular weight is 336 g/mol. The van der Waals surface area contributed by atoms with Crippen molar-refractivity contribution < 1.29 is 4.74 Å². The molecule has 4 nitrogen and oxygen atoms in total. The number of ether oxygens (including phenoxy) is 1. The minimum absolute atomic E-state index is 0. The maximum atomic E-state index is 9.11. The van der Waals surface area contributed by atoms with Crippen molar-refractivity contribution in [3.63, 3.8) is 0 Å². The third kappa shape index (κ3) is 5.10. The van der Waals surface area contributed by atoms with Crippen LogP contribution in [0, 0.1) is 23.2 Å². The van der Waals surface area contributed by atoms with Gasteiger partial charge >= 0.3 is 0 Å². The van der Waals surface area contributed by atoms with Crippen LogP contribution in [0.1, 0.15) is 30.4 Å². The van der Waals surface area contributed by atoms with Gasteiger partial charge in [-0.1, -0.05) is 0 Å². The SMILES string of the molecule is Cl.N#Cc1ccc(OCC2CC2)c(CCN2CC[C@@H](CN)C2)c1. The molecule has 23 heavy (non-hydrogen) atoms. The first-order chi connectivity index (χ1) is 10.8. The van der Waals surface area contributed by atoms with E-state index < -0.39 is 0 Å². The molecule has 2 aliphatic rings. The Labute approximate surface area is 145 Å². The highest BCUT2D eigenvalue weighted by atomic mass is 35.5. The maximum absolute atomic E-state index is 9.11. The number of rotatable bonds is 7. The molecule has 2 fully saturated rings. The Morgan fingerprint density at radius 2 is 2.09 bits per heavy atom. The van der Waals surface area contributed by atoms with E-state index in [1.165, 1.54) is 19.3 Å². The zero-order valence-corrected chi connectivity index (χ0v) is 14.4. The van der Waals surface area contributed by atoms with E-state index in [0.29, 0.717) is 5.92 Å². The Morgan fingerprint density at radius 1 is 1.26 bits per heavy atom. The van der Waals surface area contributed by atoms with Gasteiger partial charge in [0.2, 0.25) is 0 Å². The third-order valence-electron chi connectivity index (χ3n) is 4.76. The van der Waals surface area contributed by atoms with Crippen molar-refractivity contribution in [2.45, 2.75) is 25.7 Å². The van der Waals surface area contributed by atoms with E-state index in [1.807, 2.05) is 18.2 Å². The molecule has 0 amide bonds. The molecule has 5 heteroatoms. The van der Waals surface area contributed by atoms with E-state index in [0.717, 1.165) is 62.0 Å². The predicted molar refractivity (Wildman–Crippen MR) is 93.9 cm³/mol. The Bertz CT molecular complexity index is 554. The van der Waals surface area contributed by atoms with Crippen LogP contribution in [0.5, 0.6) is 5.75 Å². The van der Waals surface area contributed by atoms with Crippen LogP contribution >= 0.6 is 12.4 Å². The molecule has 0 spiro atoms. The second-order valence-corrected chi connectivity index (χ2v) is 6.63. The quantitative estimate of drug-likeness (QED) is 0.832. The summed E-state index contributed by atoms with van der Waals surface area (Å²) in [7, 11) is 0. The lowest BCUT2D eigenvalue weighted by molar-refractivity contribution is 0.292. The smallest absolute Gasteiger partial charge is 0.122 e. The Balaban J connectivity index is 0.00000192. The van der Waals surface area contributed by atoms with Crippen LogP contribution in [-0.4, -0.2) is 37.7 Å².